The number of nitrogens with zero attached hydrogens (tertiary/aromatic N) is 2. The summed E-state index contributed by atoms with van der Waals surface area (Å²) in [6, 6.07) is 11.5. The molecule has 1 heterocycles. The van der Waals surface area contributed by atoms with E-state index in [9.17, 15) is 13.6 Å². The molecule has 0 aliphatic heterocycles. The van der Waals surface area contributed by atoms with Crippen molar-refractivity contribution < 1.29 is 18.0 Å². The van der Waals surface area contributed by atoms with Crippen LogP contribution in [0.5, 0.6) is 0 Å². The van der Waals surface area contributed by atoms with Crippen LogP contribution in [0.15, 0.2) is 53.1 Å². The van der Waals surface area contributed by atoms with Gasteiger partial charge in [-0.1, -0.05) is 35.9 Å². The quantitative estimate of drug-likeness (QED) is 0.561. The summed E-state index contributed by atoms with van der Waals surface area (Å²) in [6.45, 7) is 2.17. The zero-order valence-corrected chi connectivity index (χ0v) is 16.2. The lowest BCUT2D eigenvalue weighted by atomic mass is 10.1. The first-order chi connectivity index (χ1) is 14.0. The molecule has 1 aliphatic rings. The maximum absolute atomic E-state index is 14.0. The molecule has 0 saturated heterocycles. The van der Waals surface area contributed by atoms with Gasteiger partial charge < -0.3 is 9.32 Å². The molecule has 4 nitrogen and oxygen atoms in total. The van der Waals surface area contributed by atoms with Crippen LogP contribution in [0, 0.1) is 18.6 Å². The molecular formula is C23H22F2N2O2. The SMILES string of the molecule is Cc1ccc(-c2cnc(CCC(=O)N(Cc3ccc(F)cc3F)C3CC3)o2)cc1. The number of oxazole rings is 1. The Morgan fingerprint density at radius 1 is 1.17 bits per heavy atom. The summed E-state index contributed by atoms with van der Waals surface area (Å²) in [5.41, 5.74) is 2.42. The van der Waals surface area contributed by atoms with Crippen molar-refractivity contribution in [2.45, 2.75) is 45.2 Å². The molecule has 0 unspecified atom stereocenters. The molecule has 1 aliphatic carbocycles. The Kier molecular flexibility index (Phi) is 5.43. The van der Waals surface area contributed by atoms with E-state index in [1.54, 1.807) is 11.1 Å². The number of hydrogen-bond donors (Lipinski definition) is 0. The molecule has 0 spiro atoms. The standard InChI is InChI=1S/C23H22F2N2O2/c1-15-2-4-16(5-3-15)21-13-26-22(29-21)10-11-23(28)27(19-8-9-19)14-17-6-7-18(24)12-20(17)25/h2-7,12-13,19H,8-11,14H2,1H3. The average Bonchev–Trinajstić information content (AvgIpc) is 3.43. The summed E-state index contributed by atoms with van der Waals surface area (Å²) in [7, 11) is 0. The summed E-state index contributed by atoms with van der Waals surface area (Å²) in [6.07, 6.45) is 4.08. The fourth-order valence-electron chi connectivity index (χ4n) is 3.28. The Bertz CT molecular complexity index is 1010. The summed E-state index contributed by atoms with van der Waals surface area (Å²) < 4.78 is 32.9. The van der Waals surface area contributed by atoms with Gasteiger partial charge in [-0.3, -0.25) is 4.79 Å². The van der Waals surface area contributed by atoms with Gasteiger partial charge in [0.15, 0.2) is 11.7 Å². The molecule has 150 valence electrons. The third kappa shape index (κ3) is 4.70. The molecule has 0 atom stereocenters. The van der Waals surface area contributed by atoms with Crippen molar-refractivity contribution in [2.75, 3.05) is 0 Å². The Morgan fingerprint density at radius 2 is 1.93 bits per heavy atom. The minimum absolute atomic E-state index is 0.0775. The maximum Gasteiger partial charge on any atom is 0.223 e. The zero-order valence-electron chi connectivity index (χ0n) is 16.2. The van der Waals surface area contributed by atoms with Gasteiger partial charge in [0, 0.05) is 42.6 Å². The Labute approximate surface area is 168 Å². The maximum atomic E-state index is 14.0. The highest BCUT2D eigenvalue weighted by Gasteiger charge is 2.33. The van der Waals surface area contributed by atoms with E-state index in [1.807, 2.05) is 31.2 Å². The van der Waals surface area contributed by atoms with Gasteiger partial charge >= 0.3 is 0 Å². The van der Waals surface area contributed by atoms with Crippen LogP contribution in [0.3, 0.4) is 0 Å². The second-order valence-corrected chi connectivity index (χ2v) is 7.47. The minimum Gasteiger partial charge on any atom is -0.441 e. The van der Waals surface area contributed by atoms with Gasteiger partial charge in [0.25, 0.3) is 0 Å². The van der Waals surface area contributed by atoms with Crippen LogP contribution in [0.1, 0.15) is 36.3 Å². The highest BCUT2D eigenvalue weighted by molar-refractivity contribution is 5.77. The van der Waals surface area contributed by atoms with Crippen molar-refractivity contribution in [2.24, 2.45) is 0 Å². The zero-order chi connectivity index (χ0) is 20.4. The van der Waals surface area contributed by atoms with Crippen LogP contribution in [0.25, 0.3) is 11.3 Å². The van der Waals surface area contributed by atoms with Crippen molar-refractivity contribution in [3.05, 3.63) is 77.3 Å². The van der Waals surface area contributed by atoms with Gasteiger partial charge in [-0.2, -0.15) is 0 Å². The van der Waals surface area contributed by atoms with E-state index in [0.717, 1.165) is 30.0 Å². The second kappa shape index (κ2) is 8.15. The Hall–Kier alpha value is -3.02. The fourth-order valence-corrected chi connectivity index (χ4v) is 3.28. The van der Waals surface area contributed by atoms with E-state index < -0.39 is 11.6 Å². The van der Waals surface area contributed by atoms with Crippen molar-refractivity contribution in [1.29, 1.82) is 0 Å². The molecule has 1 saturated carbocycles. The summed E-state index contributed by atoms with van der Waals surface area (Å²) in [5, 5.41) is 0. The van der Waals surface area contributed by atoms with E-state index in [2.05, 4.69) is 4.98 Å². The highest BCUT2D eigenvalue weighted by Crippen LogP contribution is 2.30. The number of carbonyl (C=O) groups excluding carboxylic acids is 1. The van der Waals surface area contributed by atoms with Crippen LogP contribution in [-0.4, -0.2) is 21.8 Å². The van der Waals surface area contributed by atoms with Gasteiger partial charge in [0.05, 0.1) is 6.20 Å². The van der Waals surface area contributed by atoms with E-state index in [1.165, 1.54) is 12.1 Å². The van der Waals surface area contributed by atoms with Gasteiger partial charge in [0.1, 0.15) is 11.6 Å². The predicted octanol–water partition coefficient (Wildman–Crippen LogP) is 5.05. The molecule has 0 bridgehead atoms. The van der Waals surface area contributed by atoms with Crippen LogP contribution >= 0.6 is 0 Å². The predicted molar refractivity (Wildman–Crippen MR) is 105 cm³/mol. The number of aryl methyl sites for hydroxylation is 2. The molecule has 3 aromatic rings. The number of aromatic nitrogens is 1. The second-order valence-electron chi connectivity index (χ2n) is 7.47. The first-order valence-electron chi connectivity index (χ1n) is 9.75. The largest absolute Gasteiger partial charge is 0.441 e. The number of halogens is 2. The number of amides is 1. The lowest BCUT2D eigenvalue weighted by Crippen LogP contribution is -2.33. The van der Waals surface area contributed by atoms with Gasteiger partial charge in [-0.05, 0) is 25.8 Å². The monoisotopic (exact) mass is 396 g/mol. The van der Waals surface area contributed by atoms with Gasteiger partial charge in [-0.15, -0.1) is 0 Å². The summed E-state index contributed by atoms with van der Waals surface area (Å²) in [4.78, 5) is 18.7. The van der Waals surface area contributed by atoms with Crippen LogP contribution < -0.4 is 0 Å². The van der Waals surface area contributed by atoms with Crippen molar-refractivity contribution >= 4 is 5.91 Å². The van der Waals surface area contributed by atoms with E-state index in [0.29, 0.717) is 23.6 Å². The first-order valence-corrected chi connectivity index (χ1v) is 9.75. The molecule has 29 heavy (non-hydrogen) atoms. The van der Waals surface area contributed by atoms with Crippen LogP contribution in [-0.2, 0) is 17.8 Å². The van der Waals surface area contributed by atoms with Crippen LogP contribution in [0.4, 0.5) is 8.78 Å². The lowest BCUT2D eigenvalue weighted by molar-refractivity contribution is -0.132. The molecule has 1 fully saturated rings. The summed E-state index contributed by atoms with van der Waals surface area (Å²) >= 11 is 0. The smallest absolute Gasteiger partial charge is 0.223 e. The molecule has 6 heteroatoms. The van der Waals surface area contributed by atoms with Crippen molar-refractivity contribution in [1.82, 2.24) is 9.88 Å². The van der Waals surface area contributed by atoms with Crippen molar-refractivity contribution in [3.8, 4) is 11.3 Å². The number of benzene rings is 2. The normalized spacial score (nSPS) is 13.5. The highest BCUT2D eigenvalue weighted by atomic mass is 19.1. The third-order valence-corrected chi connectivity index (χ3v) is 5.11. The molecule has 0 radical (unpaired) electrons. The van der Waals surface area contributed by atoms with Crippen LogP contribution in [0.2, 0.25) is 0 Å². The van der Waals surface area contributed by atoms with Gasteiger partial charge in [-0.25, -0.2) is 13.8 Å². The minimum atomic E-state index is -0.626. The Balaban J connectivity index is 1.39. The fraction of sp³-hybridized carbons (Fsp3) is 0.304. The lowest BCUT2D eigenvalue weighted by Gasteiger charge is -2.22. The number of hydrogen-bond acceptors (Lipinski definition) is 3. The number of carbonyl (C=O) groups is 1. The van der Waals surface area contributed by atoms with Crippen molar-refractivity contribution in [3.63, 3.8) is 0 Å². The molecule has 4 rings (SSSR count). The van der Waals surface area contributed by atoms with E-state index in [4.69, 9.17) is 4.42 Å². The topological polar surface area (TPSA) is 46.3 Å². The van der Waals surface area contributed by atoms with E-state index >= 15 is 0 Å². The third-order valence-electron chi connectivity index (χ3n) is 5.11. The molecule has 1 aromatic heterocycles. The molecule has 2 aromatic carbocycles. The molecule has 0 N–H and O–H groups in total. The summed E-state index contributed by atoms with van der Waals surface area (Å²) in [5.74, 6) is -0.161. The average molecular weight is 396 g/mol. The number of rotatable bonds is 7. The van der Waals surface area contributed by atoms with E-state index in [-0.39, 0.29) is 24.9 Å². The molecular weight excluding hydrogens is 374 g/mol. The molecule has 1 amide bonds. The first kappa shape index (κ1) is 19.3. The Morgan fingerprint density at radius 3 is 2.62 bits per heavy atom. The van der Waals surface area contributed by atoms with Gasteiger partial charge in [0.2, 0.25) is 5.91 Å².